The quantitative estimate of drug-likeness (QED) is 0.895. The lowest BCUT2D eigenvalue weighted by Crippen LogP contribution is -2.50. The molecule has 142 valence electrons. The van der Waals surface area contributed by atoms with E-state index in [1.807, 2.05) is 23.1 Å². The van der Waals surface area contributed by atoms with Gasteiger partial charge in [-0.15, -0.1) is 0 Å². The summed E-state index contributed by atoms with van der Waals surface area (Å²) in [7, 11) is 0. The molecule has 26 heavy (non-hydrogen) atoms. The van der Waals surface area contributed by atoms with Gasteiger partial charge < -0.3 is 14.7 Å². The first-order valence-corrected chi connectivity index (χ1v) is 10.1. The molecule has 5 nitrogen and oxygen atoms in total. The van der Waals surface area contributed by atoms with Crippen molar-refractivity contribution < 1.29 is 14.6 Å². The second-order valence-electron chi connectivity index (χ2n) is 8.00. The van der Waals surface area contributed by atoms with Gasteiger partial charge >= 0.3 is 0 Å². The largest absolute Gasteiger partial charge is 0.390 e. The Hall–Kier alpha value is -1.43. The van der Waals surface area contributed by atoms with Crippen molar-refractivity contribution in [2.45, 2.75) is 49.7 Å². The van der Waals surface area contributed by atoms with Crippen LogP contribution >= 0.6 is 0 Å². The van der Waals surface area contributed by atoms with E-state index in [4.69, 9.17) is 4.74 Å². The highest BCUT2D eigenvalue weighted by atomic mass is 16.5. The lowest BCUT2D eigenvalue weighted by Gasteiger charge is -2.39. The molecular weight excluding hydrogens is 328 g/mol. The zero-order chi connectivity index (χ0) is 18.0. The van der Waals surface area contributed by atoms with E-state index in [2.05, 4.69) is 17.0 Å². The predicted octanol–water partition coefficient (Wildman–Crippen LogP) is 1.79. The van der Waals surface area contributed by atoms with E-state index in [0.717, 1.165) is 44.3 Å². The summed E-state index contributed by atoms with van der Waals surface area (Å²) in [4.78, 5) is 17.9. The van der Waals surface area contributed by atoms with Crippen LogP contribution in [0.4, 0.5) is 0 Å². The number of aliphatic hydroxyl groups excluding tert-OH is 1. The first-order chi connectivity index (χ1) is 12.7. The number of carbonyl (C=O) groups excluding carboxylic acids is 1. The Balaban J connectivity index is 1.55. The number of hydrogen-bond acceptors (Lipinski definition) is 4. The Morgan fingerprint density at radius 2 is 1.73 bits per heavy atom. The topological polar surface area (TPSA) is 53.0 Å². The van der Waals surface area contributed by atoms with Crippen molar-refractivity contribution in [2.75, 3.05) is 39.4 Å². The van der Waals surface area contributed by atoms with Crippen molar-refractivity contribution in [3.8, 4) is 0 Å². The molecule has 0 spiro atoms. The van der Waals surface area contributed by atoms with Crippen molar-refractivity contribution in [3.63, 3.8) is 0 Å². The van der Waals surface area contributed by atoms with Crippen LogP contribution in [0.1, 0.15) is 37.7 Å². The maximum absolute atomic E-state index is 13.7. The summed E-state index contributed by atoms with van der Waals surface area (Å²) in [5, 5.41) is 10.6. The summed E-state index contributed by atoms with van der Waals surface area (Å²) in [5.74, 6) is 0.221. The van der Waals surface area contributed by atoms with Crippen LogP contribution in [-0.2, 0) is 14.9 Å². The summed E-state index contributed by atoms with van der Waals surface area (Å²) < 4.78 is 5.43. The third-order valence-electron chi connectivity index (χ3n) is 6.50. The molecule has 1 saturated carbocycles. The fourth-order valence-corrected chi connectivity index (χ4v) is 5.04. The number of carbonyl (C=O) groups is 1. The van der Waals surface area contributed by atoms with Gasteiger partial charge in [-0.25, -0.2) is 0 Å². The average Bonchev–Trinajstić information content (AvgIpc) is 3.11. The Kier molecular flexibility index (Phi) is 5.30. The molecule has 0 unspecified atom stereocenters. The number of β-amino-alcohol motifs (C(OH)–C–C–N with tert-alkyl or cyclic N) is 1. The first-order valence-electron chi connectivity index (χ1n) is 10.1. The molecule has 3 aliphatic rings. The van der Waals surface area contributed by atoms with Gasteiger partial charge in [0.2, 0.25) is 5.91 Å². The Labute approximate surface area is 155 Å². The zero-order valence-corrected chi connectivity index (χ0v) is 15.5. The summed E-state index contributed by atoms with van der Waals surface area (Å²) in [5.41, 5.74) is 0.744. The number of ether oxygens (including phenoxy) is 1. The van der Waals surface area contributed by atoms with Crippen LogP contribution in [0.25, 0.3) is 0 Å². The third kappa shape index (κ3) is 3.28. The molecule has 2 heterocycles. The molecule has 0 aromatic heterocycles. The molecule has 1 aromatic rings. The van der Waals surface area contributed by atoms with Crippen LogP contribution < -0.4 is 0 Å². The molecule has 1 amide bonds. The van der Waals surface area contributed by atoms with Crippen molar-refractivity contribution in [1.82, 2.24) is 9.80 Å². The fraction of sp³-hybridized carbons (Fsp3) is 0.667. The molecule has 0 bridgehead atoms. The number of hydrogen-bond donors (Lipinski definition) is 1. The second-order valence-corrected chi connectivity index (χ2v) is 8.00. The molecular formula is C21H30N2O3. The number of likely N-dealkylation sites (tertiary alicyclic amines) is 1. The lowest BCUT2D eigenvalue weighted by atomic mass is 9.68. The maximum Gasteiger partial charge on any atom is 0.233 e. The summed E-state index contributed by atoms with van der Waals surface area (Å²) in [6, 6.07) is 10.3. The highest BCUT2D eigenvalue weighted by molar-refractivity contribution is 5.88. The molecule has 2 saturated heterocycles. The minimum Gasteiger partial charge on any atom is -0.390 e. The van der Waals surface area contributed by atoms with Gasteiger partial charge in [-0.1, -0.05) is 49.6 Å². The normalized spacial score (nSPS) is 29.7. The smallest absolute Gasteiger partial charge is 0.233 e. The van der Waals surface area contributed by atoms with E-state index in [-0.39, 0.29) is 11.9 Å². The Morgan fingerprint density at radius 3 is 2.42 bits per heavy atom. The van der Waals surface area contributed by atoms with Crippen molar-refractivity contribution in [1.29, 1.82) is 0 Å². The Morgan fingerprint density at radius 1 is 1.04 bits per heavy atom. The van der Waals surface area contributed by atoms with Crippen LogP contribution in [0.5, 0.6) is 0 Å². The second kappa shape index (κ2) is 7.67. The lowest BCUT2D eigenvalue weighted by molar-refractivity contribution is -0.138. The van der Waals surface area contributed by atoms with Gasteiger partial charge in [-0.3, -0.25) is 9.69 Å². The SMILES string of the molecule is O=C(N1C[C@@H](O)[C@H](N2CCOCC2)C1)C1(c2ccccc2)CCCCC1. The van der Waals surface area contributed by atoms with Gasteiger partial charge in [0.05, 0.1) is 30.8 Å². The monoisotopic (exact) mass is 358 g/mol. The summed E-state index contributed by atoms with van der Waals surface area (Å²) >= 11 is 0. The van der Waals surface area contributed by atoms with Crippen LogP contribution in [-0.4, -0.2) is 72.4 Å². The minimum absolute atomic E-state index is 0.0410. The number of nitrogens with zero attached hydrogens (tertiary/aromatic N) is 2. The van der Waals surface area contributed by atoms with Crippen LogP contribution in [0.15, 0.2) is 30.3 Å². The molecule has 1 aliphatic carbocycles. The van der Waals surface area contributed by atoms with E-state index in [1.165, 1.54) is 6.42 Å². The van der Waals surface area contributed by atoms with Crippen LogP contribution in [0.2, 0.25) is 0 Å². The molecule has 0 radical (unpaired) electrons. The predicted molar refractivity (Wildman–Crippen MR) is 100.0 cm³/mol. The third-order valence-corrected chi connectivity index (χ3v) is 6.50. The van der Waals surface area contributed by atoms with Gasteiger partial charge in [-0.2, -0.15) is 0 Å². The van der Waals surface area contributed by atoms with Crippen LogP contribution in [0.3, 0.4) is 0 Å². The van der Waals surface area contributed by atoms with Crippen molar-refractivity contribution >= 4 is 5.91 Å². The van der Waals surface area contributed by atoms with E-state index >= 15 is 0 Å². The average molecular weight is 358 g/mol. The van der Waals surface area contributed by atoms with Crippen molar-refractivity contribution in [2.24, 2.45) is 0 Å². The molecule has 1 aromatic carbocycles. The number of aliphatic hydroxyl groups is 1. The number of amides is 1. The molecule has 5 heteroatoms. The first kappa shape index (κ1) is 18.0. The van der Waals surface area contributed by atoms with E-state index in [1.54, 1.807) is 0 Å². The molecule has 2 aliphatic heterocycles. The van der Waals surface area contributed by atoms with Crippen molar-refractivity contribution in [3.05, 3.63) is 35.9 Å². The number of morpholine rings is 1. The number of rotatable bonds is 3. The molecule has 4 rings (SSSR count). The van der Waals surface area contributed by atoms with Gasteiger partial charge in [0.15, 0.2) is 0 Å². The van der Waals surface area contributed by atoms with E-state index in [0.29, 0.717) is 26.3 Å². The summed E-state index contributed by atoms with van der Waals surface area (Å²) in [6.45, 7) is 4.20. The van der Waals surface area contributed by atoms with Gasteiger partial charge in [0.25, 0.3) is 0 Å². The highest BCUT2D eigenvalue weighted by Gasteiger charge is 2.47. The van der Waals surface area contributed by atoms with Crippen LogP contribution in [0, 0.1) is 0 Å². The van der Waals surface area contributed by atoms with E-state index < -0.39 is 11.5 Å². The summed E-state index contributed by atoms with van der Waals surface area (Å²) in [6.07, 6.45) is 4.79. The molecule has 1 N–H and O–H groups in total. The standard InChI is InChI=1S/C21H30N2O3/c24-19-16-23(15-18(19)22-11-13-26-14-12-22)20(25)21(9-5-2-6-10-21)17-7-3-1-4-8-17/h1,3-4,7-8,18-19,24H,2,5-6,9-16H2/t18-,19-/m1/s1. The Bertz CT molecular complexity index is 609. The van der Waals surface area contributed by atoms with Gasteiger partial charge in [-0.05, 0) is 18.4 Å². The molecule has 2 atom stereocenters. The highest BCUT2D eigenvalue weighted by Crippen LogP contribution is 2.41. The number of benzene rings is 1. The van der Waals surface area contributed by atoms with E-state index in [9.17, 15) is 9.90 Å². The van der Waals surface area contributed by atoms with Gasteiger partial charge in [0.1, 0.15) is 0 Å². The zero-order valence-electron chi connectivity index (χ0n) is 15.5. The maximum atomic E-state index is 13.7. The fourth-order valence-electron chi connectivity index (χ4n) is 5.04. The molecule has 3 fully saturated rings. The minimum atomic E-state index is -0.464. The van der Waals surface area contributed by atoms with Gasteiger partial charge in [0, 0.05) is 26.2 Å².